The van der Waals surface area contributed by atoms with E-state index in [4.69, 9.17) is 0 Å². The van der Waals surface area contributed by atoms with Crippen LogP contribution in [0.1, 0.15) is 12.6 Å². The zero-order valence-corrected chi connectivity index (χ0v) is 10.4. The number of pyridine rings is 1. The summed E-state index contributed by atoms with van der Waals surface area (Å²) in [5, 5.41) is 3.98. The third-order valence-corrected chi connectivity index (χ3v) is 2.97. The summed E-state index contributed by atoms with van der Waals surface area (Å²) in [4.78, 5) is 12.8. The summed E-state index contributed by atoms with van der Waals surface area (Å²) in [5.41, 5.74) is 1.03. The Bertz CT molecular complexity index is 461. The molecule has 2 aromatic heterocycles. The van der Waals surface area contributed by atoms with Crippen LogP contribution in [0.15, 0.2) is 41.8 Å². The van der Waals surface area contributed by atoms with E-state index in [9.17, 15) is 0 Å². The summed E-state index contributed by atoms with van der Waals surface area (Å²) in [6.07, 6.45) is 3.50. The van der Waals surface area contributed by atoms with Crippen molar-refractivity contribution in [2.75, 3.05) is 11.9 Å². The highest BCUT2D eigenvalue weighted by Gasteiger charge is 2.00. The fourth-order valence-corrected chi connectivity index (χ4v) is 2.05. The number of nitrogens with zero attached hydrogens (tertiary/aromatic N) is 3. The van der Waals surface area contributed by atoms with Crippen LogP contribution < -0.4 is 5.32 Å². The number of anilines is 1. The number of hydrogen-bond acceptors (Lipinski definition) is 5. The molecule has 0 aromatic carbocycles. The van der Waals surface area contributed by atoms with Crippen molar-refractivity contribution in [2.45, 2.75) is 17.8 Å². The lowest BCUT2D eigenvalue weighted by atomic mass is 10.4. The van der Waals surface area contributed by atoms with E-state index in [2.05, 4.69) is 27.2 Å². The highest BCUT2D eigenvalue weighted by atomic mass is 32.2. The Morgan fingerprint density at radius 3 is 2.76 bits per heavy atom. The molecular formula is C12H14N4S. The maximum atomic E-state index is 4.49. The smallest absolute Gasteiger partial charge is 0.187 e. The van der Waals surface area contributed by atoms with Gasteiger partial charge in [0.1, 0.15) is 5.82 Å². The van der Waals surface area contributed by atoms with Crippen LogP contribution in [0.4, 0.5) is 5.82 Å². The average Bonchev–Trinajstić information content (AvgIpc) is 2.39. The molecule has 1 N–H and O–H groups in total. The predicted molar refractivity (Wildman–Crippen MR) is 70.0 cm³/mol. The van der Waals surface area contributed by atoms with E-state index in [1.165, 1.54) is 0 Å². The minimum absolute atomic E-state index is 0.781. The first kappa shape index (κ1) is 11.9. The van der Waals surface area contributed by atoms with Crippen LogP contribution in [0, 0.1) is 0 Å². The van der Waals surface area contributed by atoms with Gasteiger partial charge in [-0.3, -0.25) is 0 Å². The largest absolute Gasteiger partial charge is 0.370 e. The van der Waals surface area contributed by atoms with Gasteiger partial charge in [-0.05, 0) is 25.1 Å². The average molecular weight is 246 g/mol. The minimum Gasteiger partial charge on any atom is -0.370 e. The summed E-state index contributed by atoms with van der Waals surface area (Å²) in [5.74, 6) is 1.70. The van der Waals surface area contributed by atoms with Gasteiger partial charge < -0.3 is 5.32 Å². The predicted octanol–water partition coefficient (Wildman–Crippen LogP) is 2.60. The number of hydrogen-bond donors (Lipinski definition) is 1. The summed E-state index contributed by atoms with van der Waals surface area (Å²) >= 11 is 1.59. The maximum Gasteiger partial charge on any atom is 0.187 e. The lowest BCUT2D eigenvalue weighted by Crippen LogP contribution is -2.00. The summed E-state index contributed by atoms with van der Waals surface area (Å²) < 4.78 is 0. The SMILES string of the molecule is CCNc1cccc(CSc2ncccn2)n1. The molecule has 0 saturated carbocycles. The molecule has 2 rings (SSSR count). The molecule has 0 spiro atoms. The molecular weight excluding hydrogens is 232 g/mol. The summed E-state index contributed by atoms with van der Waals surface area (Å²) in [6.45, 7) is 2.94. The number of nitrogens with one attached hydrogen (secondary N) is 1. The molecule has 0 saturated heterocycles. The van der Waals surface area contributed by atoms with Crippen LogP contribution >= 0.6 is 11.8 Å². The van der Waals surface area contributed by atoms with Crippen LogP contribution in [-0.4, -0.2) is 21.5 Å². The minimum atomic E-state index is 0.781. The normalized spacial score (nSPS) is 10.2. The van der Waals surface area contributed by atoms with Crippen molar-refractivity contribution in [3.05, 3.63) is 42.4 Å². The van der Waals surface area contributed by atoms with Gasteiger partial charge in [0.05, 0.1) is 5.69 Å². The van der Waals surface area contributed by atoms with E-state index in [0.717, 1.165) is 29.0 Å². The topological polar surface area (TPSA) is 50.7 Å². The van der Waals surface area contributed by atoms with Gasteiger partial charge in [0, 0.05) is 24.7 Å². The standard InChI is InChI=1S/C12H14N4S/c1-2-13-11-6-3-5-10(16-11)9-17-12-14-7-4-8-15-12/h3-8H,2,9H2,1H3,(H,13,16). The third kappa shape index (κ3) is 3.71. The Hall–Kier alpha value is -1.62. The number of rotatable bonds is 5. The van der Waals surface area contributed by atoms with Gasteiger partial charge in [-0.15, -0.1) is 0 Å². The second kappa shape index (κ2) is 6.20. The number of aromatic nitrogens is 3. The Morgan fingerprint density at radius 2 is 2.00 bits per heavy atom. The molecule has 0 atom stereocenters. The van der Waals surface area contributed by atoms with Crippen molar-refractivity contribution in [1.29, 1.82) is 0 Å². The quantitative estimate of drug-likeness (QED) is 0.649. The Balaban J connectivity index is 1.97. The van der Waals surface area contributed by atoms with E-state index in [0.29, 0.717) is 0 Å². The molecule has 0 aliphatic heterocycles. The van der Waals surface area contributed by atoms with Gasteiger partial charge in [-0.2, -0.15) is 0 Å². The second-order valence-electron chi connectivity index (χ2n) is 3.36. The first-order chi connectivity index (χ1) is 8.38. The van der Waals surface area contributed by atoms with E-state index >= 15 is 0 Å². The third-order valence-electron chi connectivity index (χ3n) is 2.06. The van der Waals surface area contributed by atoms with Gasteiger partial charge in [0.2, 0.25) is 0 Å². The Morgan fingerprint density at radius 1 is 1.18 bits per heavy atom. The van der Waals surface area contributed by atoms with E-state index in [1.807, 2.05) is 24.3 Å². The van der Waals surface area contributed by atoms with E-state index in [1.54, 1.807) is 24.2 Å². The van der Waals surface area contributed by atoms with Gasteiger partial charge in [-0.1, -0.05) is 17.8 Å². The Labute approximate surface area is 105 Å². The lowest BCUT2D eigenvalue weighted by Gasteiger charge is -2.04. The molecule has 4 nitrogen and oxygen atoms in total. The fraction of sp³-hybridized carbons (Fsp3) is 0.250. The molecule has 0 bridgehead atoms. The van der Waals surface area contributed by atoms with Crippen molar-refractivity contribution in [1.82, 2.24) is 15.0 Å². The molecule has 0 aliphatic rings. The monoisotopic (exact) mass is 246 g/mol. The van der Waals surface area contributed by atoms with Gasteiger partial charge in [-0.25, -0.2) is 15.0 Å². The van der Waals surface area contributed by atoms with Gasteiger partial charge in [0.25, 0.3) is 0 Å². The second-order valence-corrected chi connectivity index (χ2v) is 4.31. The van der Waals surface area contributed by atoms with Crippen molar-refractivity contribution >= 4 is 17.6 Å². The highest BCUT2D eigenvalue weighted by molar-refractivity contribution is 7.98. The molecule has 0 radical (unpaired) electrons. The van der Waals surface area contributed by atoms with Gasteiger partial charge in [0.15, 0.2) is 5.16 Å². The molecule has 17 heavy (non-hydrogen) atoms. The first-order valence-corrected chi connectivity index (χ1v) is 6.46. The molecule has 2 heterocycles. The molecule has 88 valence electrons. The zero-order valence-electron chi connectivity index (χ0n) is 9.63. The Kier molecular flexibility index (Phi) is 4.32. The molecule has 0 aliphatic carbocycles. The van der Waals surface area contributed by atoms with Gasteiger partial charge >= 0.3 is 0 Å². The van der Waals surface area contributed by atoms with E-state index in [-0.39, 0.29) is 0 Å². The molecule has 2 aromatic rings. The summed E-state index contributed by atoms with van der Waals surface area (Å²) in [7, 11) is 0. The highest BCUT2D eigenvalue weighted by Crippen LogP contribution is 2.17. The van der Waals surface area contributed by atoms with Crippen molar-refractivity contribution < 1.29 is 0 Å². The molecule has 5 heteroatoms. The zero-order chi connectivity index (χ0) is 11.9. The first-order valence-electron chi connectivity index (χ1n) is 5.48. The lowest BCUT2D eigenvalue weighted by molar-refractivity contribution is 0.964. The van der Waals surface area contributed by atoms with Crippen LogP contribution in [0.5, 0.6) is 0 Å². The maximum absolute atomic E-state index is 4.49. The fourth-order valence-electron chi connectivity index (χ4n) is 1.34. The molecule has 0 unspecified atom stereocenters. The van der Waals surface area contributed by atoms with Crippen LogP contribution in [0.2, 0.25) is 0 Å². The van der Waals surface area contributed by atoms with Crippen LogP contribution in [0.25, 0.3) is 0 Å². The van der Waals surface area contributed by atoms with Crippen molar-refractivity contribution in [3.63, 3.8) is 0 Å². The molecule has 0 amide bonds. The molecule has 0 fully saturated rings. The van der Waals surface area contributed by atoms with E-state index < -0.39 is 0 Å². The van der Waals surface area contributed by atoms with Crippen LogP contribution in [-0.2, 0) is 5.75 Å². The number of thioether (sulfide) groups is 1. The summed E-state index contributed by atoms with van der Waals surface area (Å²) in [6, 6.07) is 7.80. The van der Waals surface area contributed by atoms with Crippen LogP contribution in [0.3, 0.4) is 0 Å². The van der Waals surface area contributed by atoms with Crippen molar-refractivity contribution in [2.24, 2.45) is 0 Å². The van der Waals surface area contributed by atoms with Crippen molar-refractivity contribution in [3.8, 4) is 0 Å².